The Morgan fingerprint density at radius 2 is 1.17 bits per heavy atom. The number of carboxylic acid groups (broad SMARTS) is 5. The zero-order valence-corrected chi connectivity index (χ0v) is 36.2. The fourth-order valence-corrected chi connectivity index (χ4v) is 5.08. The number of anilines is 1. The molecule has 1 saturated heterocycles. The number of pyridine rings is 1. The maximum atomic E-state index is 10.9. The van der Waals surface area contributed by atoms with E-state index in [1.807, 2.05) is 11.2 Å². The van der Waals surface area contributed by atoms with Gasteiger partial charge in [-0.05, 0) is 54.8 Å². The summed E-state index contributed by atoms with van der Waals surface area (Å²) in [6, 6.07) is 5.06. The molecule has 1 aliphatic rings. The lowest BCUT2D eigenvalue weighted by atomic mass is 9.98. The summed E-state index contributed by atoms with van der Waals surface area (Å²) < 4.78 is 4.59. The minimum Gasteiger partial charge on any atom is -0.872 e. The molecule has 5 rings (SSSR count). The van der Waals surface area contributed by atoms with Crippen LogP contribution in [-0.2, 0) is 22.2 Å². The Morgan fingerprint density at radius 3 is 1.59 bits per heavy atom. The topological polar surface area (TPSA) is 561 Å². The average Bonchev–Trinajstić information content (AvgIpc) is 3.24. The number of carboxylic acids is 5. The van der Waals surface area contributed by atoms with Gasteiger partial charge in [0.15, 0.2) is 0 Å². The Morgan fingerprint density at radius 1 is 0.707 bits per heavy atom. The number of thioether (sulfide) groups is 1. The van der Waals surface area contributed by atoms with Crippen LogP contribution >= 0.6 is 11.8 Å². The fourth-order valence-electron chi connectivity index (χ4n) is 4.39. The van der Waals surface area contributed by atoms with Gasteiger partial charge in [-0.15, -0.1) is 10.6 Å². The first kappa shape index (κ1) is 84.3. The van der Waals surface area contributed by atoms with Crippen molar-refractivity contribution in [3.63, 3.8) is 0 Å². The van der Waals surface area contributed by atoms with Gasteiger partial charge in [0.1, 0.15) is 52.7 Å². The smallest absolute Gasteiger partial charge is 0.352 e. The average molecular weight is 1120 g/mol. The first-order valence-electron chi connectivity index (χ1n) is 18.0. The number of rotatable bonds is 9. The molecule has 0 radical (unpaired) electrons. The number of aliphatic hydroxyl groups excluding tert-OH is 3. The zero-order valence-electron chi connectivity index (χ0n) is 34.6. The summed E-state index contributed by atoms with van der Waals surface area (Å²) in [5.74, 6) is -10.3. The molecule has 432 valence electrons. The van der Waals surface area contributed by atoms with Gasteiger partial charge in [-0.1, -0.05) is 63.5 Å². The number of aliphatic hydroxyl groups is 3. The number of carbonyl (C=O) groups is 5. The van der Waals surface area contributed by atoms with Crippen molar-refractivity contribution in [1.82, 2.24) is 4.98 Å². The molecular formula is C45H71N4O24S2-5. The second kappa shape index (κ2) is 39.9. The summed E-state index contributed by atoms with van der Waals surface area (Å²) in [4.78, 5) is 63.7. The van der Waals surface area contributed by atoms with Crippen LogP contribution < -0.4 is 43.2 Å². The summed E-state index contributed by atoms with van der Waals surface area (Å²) in [5.41, 5.74) is 13.2. The van der Waals surface area contributed by atoms with Crippen LogP contribution in [0, 0.1) is 0 Å². The molecule has 2 heterocycles. The number of aromatic hydroxyl groups is 5. The maximum absolute atomic E-state index is 10.9. The number of hydrogen-bond acceptors (Lipinski definition) is 24. The van der Waals surface area contributed by atoms with Crippen molar-refractivity contribution in [3.8, 4) is 46.0 Å². The van der Waals surface area contributed by atoms with Crippen molar-refractivity contribution in [3.05, 3.63) is 81.3 Å². The number of aromatic nitrogens is 1. The highest BCUT2D eigenvalue weighted by molar-refractivity contribution is 7.98. The van der Waals surface area contributed by atoms with Gasteiger partial charge in [-0.3, -0.25) is 9.59 Å². The maximum Gasteiger partial charge on any atom is 0.352 e. The van der Waals surface area contributed by atoms with Gasteiger partial charge in [0.2, 0.25) is 5.56 Å². The molecule has 1 aromatic heterocycles. The van der Waals surface area contributed by atoms with Crippen LogP contribution in [0.4, 0.5) is 5.69 Å². The largest absolute Gasteiger partial charge is 0.872 e. The lowest BCUT2D eigenvalue weighted by Gasteiger charge is -2.44. The molecule has 3 aromatic carbocycles. The second-order valence-corrected chi connectivity index (χ2v) is 14.3. The Hall–Kier alpha value is -7.55. The van der Waals surface area contributed by atoms with Crippen molar-refractivity contribution in [2.75, 3.05) is 24.3 Å². The van der Waals surface area contributed by atoms with Crippen LogP contribution in [0.3, 0.4) is 0 Å². The van der Waals surface area contributed by atoms with E-state index in [1.54, 1.807) is 11.8 Å². The number of nitrogen functional groups attached to an aromatic ring is 1. The fraction of sp³-hybridized carbons (Fsp3) is 0.378. The van der Waals surface area contributed by atoms with Crippen molar-refractivity contribution in [2.45, 2.75) is 100.0 Å². The molecular weight excluding hydrogens is 1040 g/mol. The Balaban J connectivity index is -0.000000118. The normalized spacial score (nSPS) is 15.5. The van der Waals surface area contributed by atoms with E-state index >= 15 is 0 Å². The molecule has 30 heteroatoms. The number of benzene rings is 3. The lowest BCUT2D eigenvalue weighted by Crippen LogP contribution is -2.65. The molecule has 1 fully saturated rings. The monoisotopic (exact) mass is 1120 g/mol. The third-order valence-corrected chi connectivity index (χ3v) is 8.93. The summed E-state index contributed by atoms with van der Waals surface area (Å²) in [5, 5.41) is 156. The number of hydrogen-bond donors (Lipinski definition) is 17. The number of aromatic amines is 1. The minimum absolute atomic E-state index is 0. The van der Waals surface area contributed by atoms with E-state index in [0.717, 1.165) is 54.3 Å². The van der Waals surface area contributed by atoms with Crippen LogP contribution in [0.25, 0.3) is 0 Å². The minimum atomic E-state index is -1.60. The van der Waals surface area contributed by atoms with E-state index in [-0.39, 0.29) is 85.1 Å². The molecule has 1 unspecified atom stereocenters. The summed E-state index contributed by atoms with van der Waals surface area (Å²) in [6.07, 6.45) is -2.79. The number of phenols is 5. The highest BCUT2D eigenvalue weighted by atomic mass is 32.2. The number of aromatic carboxylic acids is 4. The Kier molecular flexibility index (Phi) is 44.8. The predicted molar refractivity (Wildman–Crippen MR) is 272 cm³/mol. The van der Waals surface area contributed by atoms with Gasteiger partial charge in [0.05, 0.1) is 23.8 Å². The van der Waals surface area contributed by atoms with Crippen LogP contribution in [0.5, 0.6) is 46.0 Å². The van der Waals surface area contributed by atoms with Gasteiger partial charge < -0.3 is 126 Å². The Bertz CT molecular complexity index is 2350. The molecule has 0 aliphatic carbocycles. The van der Waals surface area contributed by atoms with E-state index in [4.69, 9.17) is 78.5 Å². The quantitative estimate of drug-likeness (QED) is 0.0604. The first-order chi connectivity index (χ1) is 31.4. The van der Waals surface area contributed by atoms with Crippen LogP contribution in [0.2, 0.25) is 0 Å². The van der Waals surface area contributed by atoms with Crippen LogP contribution in [0.1, 0.15) is 100.0 Å². The summed E-state index contributed by atoms with van der Waals surface area (Å²) >= 11 is 6.19. The molecule has 20 N–H and O–H groups in total. The van der Waals surface area contributed by atoms with Crippen molar-refractivity contribution in [2.24, 2.45) is 11.5 Å². The molecule has 0 bridgehead atoms. The SMILES string of the molecule is C.C.C.C.C.C.C.CSCCC(N)C(=O)O.N[C@H]1[C@@H](O)[C@H](O)[C@@H](CO)O[C@@H]1[O-].Nc1cc([O-])c(O)cc1C(=O)O.O=C(O)c1cc(O)cc(O)c1[O-].O=C(O)c1cc(O)cc(O)c1[S-].O=C(O)c1cc([O-])cc(=O)[nH]1. The van der Waals surface area contributed by atoms with E-state index in [1.165, 1.54) is 0 Å². The molecule has 6 atom stereocenters. The number of nitrogens with one attached hydrogen (secondary N) is 1. The molecule has 75 heavy (non-hydrogen) atoms. The first-order valence-corrected chi connectivity index (χ1v) is 19.8. The molecule has 0 amide bonds. The number of nitrogens with two attached hydrogens (primary N) is 3. The molecule has 0 saturated carbocycles. The summed E-state index contributed by atoms with van der Waals surface area (Å²) in [6.45, 7) is -0.510. The van der Waals surface area contributed by atoms with Crippen LogP contribution in [0.15, 0.2) is 58.2 Å². The number of phenolic OH excluding ortho intramolecular Hbond substituents is 5. The second-order valence-electron chi connectivity index (χ2n) is 12.9. The molecule has 4 aromatic rings. The standard InChI is InChI=1S/C7H7NO4.C7H6O5.C7H6O4S.C6H12NO5.C6H5NO4.C5H11NO2S.7CH4/c8-4-2-6(10)5(9)1-3(4)7(11)12;8-3-1-4(7(11)12)6(10)5(9)2-3;8-3-1-4(7(10)11)6(12)5(9)2-3;7-3-5(10)4(9)2(1-8)12-6(3)11;8-3-1-4(6(10)11)7-5(9)2-3;1-9-3-2-4(6)5(7)8;;;;;;;/h1-2,9-10H,8H2,(H,11,12);1-2,8-10H,(H,11,12);1-2,8-9,12H,(H,10,11);2-6,8-10H,1,7H2;1-2H,(H,10,11)(H2,7,8,9);4H,2-3,6H2,1H3,(H,7,8);7*1H4/q;;;-1;;;;;;;;;/p-4/t;;;2-,3+,4-,5-,6+;;;;;;;;;/m...1........./s1. The Labute approximate surface area is 442 Å². The lowest BCUT2D eigenvalue weighted by molar-refractivity contribution is -0.518. The molecule has 28 nitrogen and oxygen atoms in total. The van der Waals surface area contributed by atoms with E-state index in [0.29, 0.717) is 6.42 Å². The number of ether oxygens (including phenoxy) is 1. The van der Waals surface area contributed by atoms with Crippen LogP contribution in [-0.4, -0.2) is 157 Å². The van der Waals surface area contributed by atoms with Gasteiger partial charge in [-0.2, -0.15) is 11.8 Å². The van der Waals surface area contributed by atoms with Crippen molar-refractivity contribution < 1.29 is 116 Å². The van der Waals surface area contributed by atoms with E-state index in [2.05, 4.69) is 17.4 Å². The van der Waals surface area contributed by atoms with Gasteiger partial charge in [-0.25, -0.2) is 19.2 Å². The summed E-state index contributed by atoms with van der Waals surface area (Å²) in [7, 11) is 0. The van der Waals surface area contributed by atoms with Crippen molar-refractivity contribution >= 4 is 59.9 Å². The number of H-pyrrole nitrogens is 1. The predicted octanol–water partition coefficient (Wildman–Crippen LogP) is 0.181. The van der Waals surface area contributed by atoms with E-state index in [9.17, 15) is 54.3 Å². The van der Waals surface area contributed by atoms with Gasteiger partial charge >= 0.3 is 29.8 Å². The zero-order chi connectivity index (χ0) is 52.9. The highest BCUT2D eigenvalue weighted by Crippen LogP contribution is 2.31. The van der Waals surface area contributed by atoms with Gasteiger partial charge in [0, 0.05) is 35.7 Å². The van der Waals surface area contributed by atoms with Gasteiger partial charge in [0.25, 0.3) is 0 Å². The van der Waals surface area contributed by atoms with Crippen molar-refractivity contribution in [1.29, 1.82) is 0 Å². The third-order valence-electron chi connectivity index (χ3n) is 7.86. The van der Waals surface area contributed by atoms with E-state index < -0.39 is 125 Å². The molecule has 1 aliphatic heterocycles. The third kappa shape index (κ3) is 28.5. The molecule has 0 spiro atoms. The highest BCUT2D eigenvalue weighted by Gasteiger charge is 2.37. The number of aliphatic carboxylic acids is 1.